The van der Waals surface area contributed by atoms with Crippen molar-refractivity contribution in [3.63, 3.8) is 0 Å². The highest BCUT2D eigenvalue weighted by Crippen LogP contribution is 2.40. The zero-order valence-electron chi connectivity index (χ0n) is 20.8. The van der Waals surface area contributed by atoms with E-state index in [9.17, 15) is 24.8 Å². The van der Waals surface area contributed by atoms with E-state index >= 15 is 0 Å². The lowest BCUT2D eigenvalue weighted by atomic mass is 9.95. The van der Waals surface area contributed by atoms with E-state index in [-0.39, 0.29) is 23.6 Å². The Kier molecular flexibility index (Phi) is 8.52. The number of aliphatic hydroxyl groups excluding tert-OH is 1. The molecule has 1 atom stereocenters. The number of rotatable bonds is 10. The van der Waals surface area contributed by atoms with Gasteiger partial charge in [0.2, 0.25) is 0 Å². The van der Waals surface area contributed by atoms with Crippen molar-refractivity contribution < 1.29 is 29.1 Å². The summed E-state index contributed by atoms with van der Waals surface area (Å²) in [6.45, 7) is 6.08. The SMILES string of the molecule is CCCCOc1ccc(/C(O)=C2\C(=O)C(=O)N(CCN3CCOCC3)C2c2ccc([N+](=O)[O-])cc2)cc1. The minimum atomic E-state index is -0.873. The van der Waals surface area contributed by atoms with Gasteiger partial charge in [0.1, 0.15) is 11.5 Å². The molecule has 0 bridgehead atoms. The Bertz CT molecular complexity index is 1160. The summed E-state index contributed by atoms with van der Waals surface area (Å²) in [6, 6.07) is 11.5. The Hall–Kier alpha value is -3.76. The summed E-state index contributed by atoms with van der Waals surface area (Å²) in [5.41, 5.74) is 0.738. The second kappa shape index (κ2) is 12.0. The Labute approximate surface area is 215 Å². The molecule has 0 saturated carbocycles. The number of morpholine rings is 1. The summed E-state index contributed by atoms with van der Waals surface area (Å²) in [4.78, 5) is 40.6. The molecule has 2 aliphatic rings. The zero-order chi connectivity index (χ0) is 26.4. The van der Waals surface area contributed by atoms with Gasteiger partial charge in [-0.15, -0.1) is 0 Å². The van der Waals surface area contributed by atoms with E-state index in [4.69, 9.17) is 9.47 Å². The second-order valence-corrected chi connectivity index (χ2v) is 9.02. The zero-order valence-corrected chi connectivity index (χ0v) is 20.8. The maximum absolute atomic E-state index is 13.2. The number of nitrogens with zero attached hydrogens (tertiary/aromatic N) is 3. The molecule has 2 aromatic rings. The lowest BCUT2D eigenvalue weighted by molar-refractivity contribution is -0.384. The van der Waals surface area contributed by atoms with Crippen LogP contribution in [0.2, 0.25) is 0 Å². The van der Waals surface area contributed by atoms with Gasteiger partial charge in [0, 0.05) is 43.9 Å². The number of ether oxygens (including phenoxy) is 2. The summed E-state index contributed by atoms with van der Waals surface area (Å²) in [5.74, 6) is -1.15. The van der Waals surface area contributed by atoms with Gasteiger partial charge >= 0.3 is 0 Å². The molecule has 2 heterocycles. The van der Waals surface area contributed by atoms with Crippen molar-refractivity contribution in [3.8, 4) is 5.75 Å². The van der Waals surface area contributed by atoms with Gasteiger partial charge in [-0.3, -0.25) is 24.6 Å². The van der Waals surface area contributed by atoms with Crippen LogP contribution >= 0.6 is 0 Å². The molecule has 1 amide bonds. The molecule has 10 heteroatoms. The van der Waals surface area contributed by atoms with Crippen molar-refractivity contribution in [2.24, 2.45) is 0 Å². The number of aliphatic hydroxyl groups is 1. The van der Waals surface area contributed by atoms with Crippen molar-refractivity contribution in [2.75, 3.05) is 46.0 Å². The molecule has 4 rings (SSSR count). The van der Waals surface area contributed by atoms with Crippen LogP contribution in [-0.2, 0) is 14.3 Å². The normalized spacial score (nSPS) is 19.8. The van der Waals surface area contributed by atoms with Crippen LogP contribution in [0.5, 0.6) is 5.75 Å². The van der Waals surface area contributed by atoms with Crippen LogP contribution in [0.25, 0.3) is 5.76 Å². The first-order valence-electron chi connectivity index (χ1n) is 12.5. The maximum atomic E-state index is 13.2. The Morgan fingerprint density at radius 3 is 2.38 bits per heavy atom. The third-order valence-electron chi connectivity index (χ3n) is 6.61. The quantitative estimate of drug-likeness (QED) is 0.129. The van der Waals surface area contributed by atoms with E-state index in [2.05, 4.69) is 11.8 Å². The van der Waals surface area contributed by atoms with Gasteiger partial charge in [0.05, 0.1) is 36.4 Å². The van der Waals surface area contributed by atoms with Gasteiger partial charge in [-0.25, -0.2) is 0 Å². The standard InChI is InChI=1S/C27H31N3O7/c1-2-3-16-37-22-10-6-20(7-11-22)25(31)23-24(19-4-8-21(9-5-19)30(34)35)29(27(33)26(23)32)13-12-28-14-17-36-18-15-28/h4-11,24,31H,2-3,12-18H2,1H3/b25-23+. The number of likely N-dealkylation sites (tertiary alicyclic amines) is 1. The fourth-order valence-corrected chi connectivity index (χ4v) is 4.51. The minimum absolute atomic E-state index is 0.0412. The predicted octanol–water partition coefficient (Wildman–Crippen LogP) is 3.53. The number of non-ortho nitro benzene ring substituents is 1. The first-order chi connectivity index (χ1) is 17.9. The highest BCUT2D eigenvalue weighted by atomic mass is 16.6. The number of benzene rings is 2. The number of hydrogen-bond acceptors (Lipinski definition) is 8. The highest BCUT2D eigenvalue weighted by molar-refractivity contribution is 6.46. The smallest absolute Gasteiger partial charge is 0.295 e. The molecule has 0 radical (unpaired) electrons. The van der Waals surface area contributed by atoms with Gasteiger partial charge in [-0.05, 0) is 48.4 Å². The summed E-state index contributed by atoms with van der Waals surface area (Å²) >= 11 is 0. The van der Waals surface area contributed by atoms with E-state index in [0.717, 1.165) is 25.9 Å². The van der Waals surface area contributed by atoms with Gasteiger partial charge in [0.15, 0.2) is 0 Å². The molecule has 0 spiro atoms. The molecule has 10 nitrogen and oxygen atoms in total. The van der Waals surface area contributed by atoms with Crippen LogP contribution in [0.15, 0.2) is 54.1 Å². The molecule has 1 N–H and O–H groups in total. The molecular weight excluding hydrogens is 478 g/mol. The number of hydrogen-bond donors (Lipinski definition) is 1. The number of nitro benzene ring substituents is 1. The number of carbonyl (C=O) groups excluding carboxylic acids is 2. The lowest BCUT2D eigenvalue weighted by Crippen LogP contribution is -2.42. The topological polar surface area (TPSA) is 122 Å². The number of Topliss-reactive ketones (excluding diaryl/α,β-unsaturated/α-hetero) is 1. The molecule has 37 heavy (non-hydrogen) atoms. The number of ketones is 1. The van der Waals surface area contributed by atoms with E-state index < -0.39 is 22.7 Å². The fourth-order valence-electron chi connectivity index (χ4n) is 4.51. The number of amides is 1. The van der Waals surface area contributed by atoms with Crippen molar-refractivity contribution in [3.05, 3.63) is 75.3 Å². The highest BCUT2D eigenvalue weighted by Gasteiger charge is 2.46. The van der Waals surface area contributed by atoms with Crippen LogP contribution in [0.3, 0.4) is 0 Å². The Balaban J connectivity index is 1.67. The summed E-state index contributed by atoms with van der Waals surface area (Å²) in [5, 5.41) is 22.4. The summed E-state index contributed by atoms with van der Waals surface area (Å²) < 4.78 is 11.1. The van der Waals surface area contributed by atoms with E-state index in [0.29, 0.717) is 43.2 Å². The van der Waals surface area contributed by atoms with Crippen molar-refractivity contribution in [1.29, 1.82) is 0 Å². The number of nitro groups is 1. The van der Waals surface area contributed by atoms with Gasteiger partial charge in [0.25, 0.3) is 17.4 Å². The average Bonchev–Trinajstić information content (AvgIpc) is 3.17. The average molecular weight is 510 g/mol. The van der Waals surface area contributed by atoms with Crippen molar-refractivity contribution >= 4 is 23.1 Å². The second-order valence-electron chi connectivity index (χ2n) is 9.02. The van der Waals surface area contributed by atoms with Crippen molar-refractivity contribution in [2.45, 2.75) is 25.8 Å². The maximum Gasteiger partial charge on any atom is 0.295 e. The molecule has 2 aromatic carbocycles. The Morgan fingerprint density at radius 1 is 1.08 bits per heavy atom. The first-order valence-corrected chi connectivity index (χ1v) is 12.5. The molecule has 2 saturated heterocycles. The largest absolute Gasteiger partial charge is 0.507 e. The van der Waals surface area contributed by atoms with Crippen LogP contribution in [0, 0.1) is 10.1 Å². The lowest BCUT2D eigenvalue weighted by Gasteiger charge is -2.31. The predicted molar refractivity (Wildman–Crippen MR) is 136 cm³/mol. The monoisotopic (exact) mass is 509 g/mol. The number of unbranched alkanes of at least 4 members (excludes halogenated alkanes) is 1. The molecule has 2 fully saturated rings. The first kappa shape index (κ1) is 26.3. The van der Waals surface area contributed by atoms with Crippen molar-refractivity contribution in [1.82, 2.24) is 9.80 Å². The van der Waals surface area contributed by atoms with Gasteiger partial charge in [-0.2, -0.15) is 0 Å². The van der Waals surface area contributed by atoms with E-state index in [1.54, 1.807) is 24.3 Å². The van der Waals surface area contributed by atoms with Gasteiger partial charge < -0.3 is 19.5 Å². The fraction of sp³-hybridized carbons (Fsp3) is 0.407. The number of carbonyl (C=O) groups is 2. The summed E-state index contributed by atoms with van der Waals surface area (Å²) in [6.07, 6.45) is 1.93. The third-order valence-corrected chi connectivity index (χ3v) is 6.61. The molecule has 0 aromatic heterocycles. The van der Waals surface area contributed by atoms with Crippen LogP contribution in [-0.4, -0.2) is 77.5 Å². The molecular formula is C27H31N3O7. The van der Waals surface area contributed by atoms with Crippen LogP contribution in [0.1, 0.15) is 36.9 Å². The molecule has 0 aliphatic carbocycles. The third kappa shape index (κ3) is 5.98. The van der Waals surface area contributed by atoms with E-state index in [1.807, 2.05) is 0 Å². The molecule has 196 valence electrons. The van der Waals surface area contributed by atoms with E-state index in [1.165, 1.54) is 29.2 Å². The van der Waals surface area contributed by atoms with Crippen LogP contribution in [0.4, 0.5) is 5.69 Å². The molecule has 1 unspecified atom stereocenters. The minimum Gasteiger partial charge on any atom is -0.507 e. The summed E-state index contributed by atoms with van der Waals surface area (Å²) in [7, 11) is 0. The Morgan fingerprint density at radius 2 is 1.76 bits per heavy atom. The van der Waals surface area contributed by atoms with Crippen LogP contribution < -0.4 is 4.74 Å². The molecule has 2 aliphatic heterocycles. The van der Waals surface area contributed by atoms with Gasteiger partial charge in [-0.1, -0.05) is 13.3 Å².